The molecule has 0 aromatic rings. The van der Waals surface area contributed by atoms with Crippen LogP contribution in [0.5, 0.6) is 0 Å². The number of carbonyl (C=O) groups excluding carboxylic acids is 3. The fraction of sp³-hybridized carbons (Fsp3) is 0.730. The largest absolute Gasteiger partial charge is 0.462 e. The first-order valence-electron chi connectivity index (χ1n) is 29.1. The summed E-state index contributed by atoms with van der Waals surface area (Å²) in [4.78, 5) is 38.2. The Morgan fingerprint density at radius 2 is 0.609 bits per heavy atom. The van der Waals surface area contributed by atoms with E-state index in [4.69, 9.17) is 14.2 Å². The van der Waals surface area contributed by atoms with E-state index in [-0.39, 0.29) is 31.1 Å². The van der Waals surface area contributed by atoms with Crippen LogP contribution in [0.1, 0.15) is 278 Å². The Morgan fingerprint density at radius 3 is 1.00 bits per heavy atom. The van der Waals surface area contributed by atoms with Crippen molar-refractivity contribution in [2.75, 3.05) is 13.2 Å². The third-order valence-corrected chi connectivity index (χ3v) is 12.4. The van der Waals surface area contributed by atoms with Gasteiger partial charge in [0, 0.05) is 19.3 Å². The van der Waals surface area contributed by atoms with Gasteiger partial charge in [-0.15, -0.1) is 0 Å². The van der Waals surface area contributed by atoms with Crippen LogP contribution in [-0.4, -0.2) is 37.2 Å². The zero-order valence-corrected chi connectivity index (χ0v) is 45.3. The summed E-state index contributed by atoms with van der Waals surface area (Å²) in [5.74, 6) is -0.938. The molecule has 6 heteroatoms. The molecule has 0 aliphatic rings. The zero-order chi connectivity index (χ0) is 50.0. The van der Waals surface area contributed by atoms with Crippen LogP contribution in [0.25, 0.3) is 0 Å². The van der Waals surface area contributed by atoms with E-state index >= 15 is 0 Å². The molecule has 0 amide bonds. The van der Waals surface area contributed by atoms with E-state index in [0.29, 0.717) is 19.3 Å². The van der Waals surface area contributed by atoms with Crippen molar-refractivity contribution in [1.29, 1.82) is 0 Å². The smallest absolute Gasteiger partial charge is 0.306 e. The Kier molecular flexibility index (Phi) is 54.3. The van der Waals surface area contributed by atoms with E-state index in [1.54, 1.807) is 0 Å². The normalized spacial score (nSPS) is 12.7. The first kappa shape index (κ1) is 65.6. The molecule has 0 spiro atoms. The quantitative estimate of drug-likeness (QED) is 0.0199. The lowest BCUT2D eigenvalue weighted by Gasteiger charge is -2.18. The van der Waals surface area contributed by atoms with E-state index in [2.05, 4.69) is 106 Å². The Labute approximate surface area is 426 Å². The lowest BCUT2D eigenvalue weighted by Crippen LogP contribution is -2.30. The van der Waals surface area contributed by atoms with Crippen molar-refractivity contribution in [2.45, 2.75) is 284 Å². The van der Waals surface area contributed by atoms with Gasteiger partial charge in [0.1, 0.15) is 13.2 Å². The van der Waals surface area contributed by atoms with Gasteiger partial charge in [-0.1, -0.05) is 234 Å². The van der Waals surface area contributed by atoms with Crippen LogP contribution >= 0.6 is 0 Å². The molecule has 0 rings (SSSR count). The molecule has 0 radical (unpaired) electrons. The molecule has 6 nitrogen and oxygen atoms in total. The van der Waals surface area contributed by atoms with Gasteiger partial charge in [-0.3, -0.25) is 14.4 Å². The number of hydrogen-bond acceptors (Lipinski definition) is 6. The number of hydrogen-bond donors (Lipinski definition) is 0. The summed E-state index contributed by atoms with van der Waals surface area (Å²) in [6, 6.07) is 0. The molecule has 0 N–H and O–H groups in total. The average molecular weight is 962 g/mol. The number of allylic oxidation sites excluding steroid dienone is 14. The van der Waals surface area contributed by atoms with Gasteiger partial charge in [0.2, 0.25) is 0 Å². The van der Waals surface area contributed by atoms with Crippen molar-refractivity contribution in [2.24, 2.45) is 0 Å². The second kappa shape index (κ2) is 57.2. The number of rotatable bonds is 52. The average Bonchev–Trinajstić information content (AvgIpc) is 3.35. The number of esters is 3. The fourth-order valence-electron chi connectivity index (χ4n) is 8.01. The highest BCUT2D eigenvalue weighted by atomic mass is 16.6. The summed E-state index contributed by atoms with van der Waals surface area (Å²) in [7, 11) is 0. The van der Waals surface area contributed by atoms with Gasteiger partial charge in [0.05, 0.1) is 0 Å². The Balaban J connectivity index is 4.46. The molecule has 0 aliphatic carbocycles. The standard InChI is InChI=1S/C63H108O6/c1-4-7-10-13-16-19-22-25-28-31-32-33-36-38-41-44-47-50-53-56-62(65)68-59-60(69-63(66)57-54-51-48-45-42-39-35-30-27-24-21-18-15-12-9-6-3)58-67-61(64)55-52-49-46-43-40-37-34-29-26-23-20-17-14-11-8-5-2/h7,10,16,19,25,28-30,32-35,39,42,60H,4-6,8-9,11-15,17-18,20-24,26-27,31,36-38,40-41,43-59H2,1-3H3/b10-7-,19-16-,28-25-,33-32-,34-29-,35-30-,42-39-. The topological polar surface area (TPSA) is 78.9 Å². The third-order valence-electron chi connectivity index (χ3n) is 12.4. The lowest BCUT2D eigenvalue weighted by molar-refractivity contribution is -0.167. The molecule has 1 atom stereocenters. The number of ether oxygens (including phenoxy) is 3. The molecule has 0 aliphatic heterocycles. The molecular formula is C63H108O6. The molecule has 0 aromatic carbocycles. The molecule has 0 saturated carbocycles. The summed E-state index contributed by atoms with van der Waals surface area (Å²) in [6.45, 7) is 6.49. The summed E-state index contributed by atoms with van der Waals surface area (Å²) in [5.41, 5.74) is 0. The van der Waals surface area contributed by atoms with Crippen molar-refractivity contribution >= 4 is 17.9 Å². The first-order chi connectivity index (χ1) is 34.0. The van der Waals surface area contributed by atoms with Gasteiger partial charge < -0.3 is 14.2 Å². The predicted octanol–water partition coefficient (Wildman–Crippen LogP) is 19.5. The molecule has 0 aromatic heterocycles. The zero-order valence-electron chi connectivity index (χ0n) is 45.3. The minimum Gasteiger partial charge on any atom is -0.462 e. The maximum atomic E-state index is 12.8. The minimum atomic E-state index is -0.801. The molecule has 69 heavy (non-hydrogen) atoms. The monoisotopic (exact) mass is 961 g/mol. The molecule has 0 heterocycles. The van der Waals surface area contributed by atoms with E-state index in [1.807, 2.05) is 0 Å². The van der Waals surface area contributed by atoms with Crippen molar-refractivity contribution in [1.82, 2.24) is 0 Å². The SMILES string of the molecule is CC/C=C\C/C=C\C/C=C\C/C=C\CCCCCCCCC(=O)OCC(COC(=O)CCCCCCC/C=C\CCCCCCCCC)OC(=O)CCCCC/C=C\C=C/CCCCCCCCC. The second-order valence-corrected chi connectivity index (χ2v) is 19.2. The second-order valence-electron chi connectivity index (χ2n) is 19.2. The maximum Gasteiger partial charge on any atom is 0.306 e. The molecule has 0 saturated heterocycles. The summed E-state index contributed by atoms with van der Waals surface area (Å²) in [6.07, 6.45) is 74.3. The minimum absolute atomic E-state index is 0.0960. The van der Waals surface area contributed by atoms with Crippen LogP contribution in [0, 0.1) is 0 Å². The van der Waals surface area contributed by atoms with Gasteiger partial charge in [0.15, 0.2) is 6.10 Å². The van der Waals surface area contributed by atoms with Gasteiger partial charge >= 0.3 is 17.9 Å². The molecule has 0 fully saturated rings. The van der Waals surface area contributed by atoms with Gasteiger partial charge in [-0.25, -0.2) is 0 Å². The van der Waals surface area contributed by atoms with Crippen LogP contribution in [0.4, 0.5) is 0 Å². The van der Waals surface area contributed by atoms with Crippen LogP contribution in [-0.2, 0) is 28.6 Å². The fourth-order valence-corrected chi connectivity index (χ4v) is 8.01. The highest BCUT2D eigenvalue weighted by Crippen LogP contribution is 2.14. The third kappa shape index (κ3) is 55.4. The Bertz CT molecular complexity index is 1330. The highest BCUT2D eigenvalue weighted by Gasteiger charge is 2.19. The van der Waals surface area contributed by atoms with Crippen molar-refractivity contribution in [3.63, 3.8) is 0 Å². The van der Waals surface area contributed by atoms with Crippen molar-refractivity contribution in [3.05, 3.63) is 85.1 Å². The molecular weight excluding hydrogens is 853 g/mol. The van der Waals surface area contributed by atoms with Crippen LogP contribution in [0.3, 0.4) is 0 Å². The van der Waals surface area contributed by atoms with E-state index in [9.17, 15) is 14.4 Å². The highest BCUT2D eigenvalue weighted by molar-refractivity contribution is 5.71. The van der Waals surface area contributed by atoms with Crippen molar-refractivity contribution < 1.29 is 28.6 Å². The summed E-state index contributed by atoms with van der Waals surface area (Å²) >= 11 is 0. The number of carbonyl (C=O) groups is 3. The molecule has 1 unspecified atom stereocenters. The first-order valence-corrected chi connectivity index (χ1v) is 29.1. The molecule has 0 bridgehead atoms. The molecule has 396 valence electrons. The predicted molar refractivity (Wildman–Crippen MR) is 297 cm³/mol. The van der Waals surface area contributed by atoms with Gasteiger partial charge in [-0.05, 0) is 109 Å². The Hall–Kier alpha value is -3.41. The van der Waals surface area contributed by atoms with Gasteiger partial charge in [-0.2, -0.15) is 0 Å². The Morgan fingerprint density at radius 1 is 0.319 bits per heavy atom. The summed E-state index contributed by atoms with van der Waals surface area (Å²) < 4.78 is 16.8. The summed E-state index contributed by atoms with van der Waals surface area (Å²) in [5, 5.41) is 0. The number of unbranched alkanes of at least 4 members (excludes halogenated alkanes) is 28. The van der Waals surface area contributed by atoms with Crippen LogP contribution < -0.4 is 0 Å². The van der Waals surface area contributed by atoms with Crippen LogP contribution in [0.15, 0.2) is 85.1 Å². The van der Waals surface area contributed by atoms with Crippen molar-refractivity contribution in [3.8, 4) is 0 Å². The maximum absolute atomic E-state index is 12.8. The van der Waals surface area contributed by atoms with E-state index in [1.165, 1.54) is 122 Å². The van der Waals surface area contributed by atoms with E-state index < -0.39 is 6.10 Å². The van der Waals surface area contributed by atoms with Gasteiger partial charge in [0.25, 0.3) is 0 Å². The van der Waals surface area contributed by atoms with Crippen LogP contribution in [0.2, 0.25) is 0 Å². The van der Waals surface area contributed by atoms with E-state index in [0.717, 1.165) is 116 Å². The lowest BCUT2D eigenvalue weighted by atomic mass is 10.1.